The van der Waals surface area contributed by atoms with E-state index in [9.17, 15) is 4.79 Å². The Morgan fingerprint density at radius 3 is 3.06 bits per heavy atom. The van der Waals surface area contributed by atoms with Crippen LogP contribution in [0.1, 0.15) is 25.1 Å². The molecule has 2 rings (SSSR count). The number of imidazole rings is 1. The highest BCUT2D eigenvalue weighted by atomic mass is 16.5. The second-order valence-corrected chi connectivity index (χ2v) is 4.78. The first-order valence-corrected chi connectivity index (χ1v) is 6.50. The lowest BCUT2D eigenvalue weighted by molar-refractivity contribution is -0.148. The zero-order chi connectivity index (χ0) is 13.0. The summed E-state index contributed by atoms with van der Waals surface area (Å²) in [7, 11) is 3.46. The van der Waals surface area contributed by atoms with Crippen molar-refractivity contribution < 1.29 is 9.53 Å². The highest BCUT2D eigenvalue weighted by molar-refractivity contribution is 5.75. The topological polar surface area (TPSA) is 47.4 Å². The molecule has 0 aliphatic carbocycles. The number of esters is 1. The van der Waals surface area contributed by atoms with E-state index in [-0.39, 0.29) is 12.0 Å². The lowest BCUT2D eigenvalue weighted by atomic mass is 10.0. The Balaban J connectivity index is 1.93. The predicted molar refractivity (Wildman–Crippen MR) is 68.1 cm³/mol. The molecule has 5 heteroatoms. The zero-order valence-corrected chi connectivity index (χ0v) is 11.1. The Hall–Kier alpha value is -1.36. The molecule has 1 aliphatic rings. The summed E-state index contributed by atoms with van der Waals surface area (Å²) in [6.45, 7) is 1.84. The Morgan fingerprint density at radius 2 is 2.39 bits per heavy atom. The summed E-state index contributed by atoms with van der Waals surface area (Å²) in [5.41, 5.74) is 0. The van der Waals surface area contributed by atoms with Gasteiger partial charge in [-0.3, -0.25) is 9.69 Å². The number of rotatable bonds is 4. The van der Waals surface area contributed by atoms with Crippen LogP contribution in [0.15, 0.2) is 12.4 Å². The van der Waals surface area contributed by atoms with Crippen LogP contribution in [0.4, 0.5) is 0 Å². The first kappa shape index (κ1) is 13.1. The number of carbonyl (C=O) groups excluding carboxylic acids is 1. The first-order valence-electron chi connectivity index (χ1n) is 6.50. The highest BCUT2D eigenvalue weighted by Gasteiger charge is 2.29. The standard InChI is InChI=1S/C13H21N3O2/c1-15-10-7-14-12(15)6-9-16-8-4-3-5-11(16)13(17)18-2/h7,10-11H,3-6,8-9H2,1-2H3. The number of nitrogens with zero attached hydrogens (tertiary/aromatic N) is 3. The number of aromatic nitrogens is 2. The summed E-state index contributed by atoms with van der Waals surface area (Å²) in [6.07, 6.45) is 7.81. The Labute approximate surface area is 108 Å². The molecule has 0 N–H and O–H groups in total. The number of carbonyl (C=O) groups is 1. The van der Waals surface area contributed by atoms with Gasteiger partial charge in [0.25, 0.3) is 0 Å². The fourth-order valence-corrected chi connectivity index (χ4v) is 2.54. The molecule has 0 radical (unpaired) electrons. The van der Waals surface area contributed by atoms with E-state index in [1.165, 1.54) is 7.11 Å². The fourth-order valence-electron chi connectivity index (χ4n) is 2.54. The van der Waals surface area contributed by atoms with Gasteiger partial charge in [0.1, 0.15) is 11.9 Å². The minimum absolute atomic E-state index is 0.0657. The third-order valence-corrected chi connectivity index (χ3v) is 3.63. The molecule has 0 saturated carbocycles. The molecule has 0 bridgehead atoms. The molecule has 1 atom stereocenters. The largest absolute Gasteiger partial charge is 0.468 e. The van der Waals surface area contributed by atoms with Gasteiger partial charge in [0.05, 0.1) is 7.11 Å². The van der Waals surface area contributed by atoms with Crippen molar-refractivity contribution >= 4 is 5.97 Å². The van der Waals surface area contributed by atoms with Gasteiger partial charge in [0.2, 0.25) is 0 Å². The molecule has 18 heavy (non-hydrogen) atoms. The molecule has 0 aromatic carbocycles. The van der Waals surface area contributed by atoms with Crippen LogP contribution >= 0.6 is 0 Å². The third kappa shape index (κ3) is 2.90. The van der Waals surface area contributed by atoms with Crippen LogP contribution in [-0.2, 0) is 23.0 Å². The van der Waals surface area contributed by atoms with Crippen molar-refractivity contribution in [3.8, 4) is 0 Å². The maximum Gasteiger partial charge on any atom is 0.323 e. The van der Waals surface area contributed by atoms with Crippen molar-refractivity contribution in [2.75, 3.05) is 20.2 Å². The molecule has 1 fully saturated rings. The molecule has 1 aliphatic heterocycles. The van der Waals surface area contributed by atoms with Crippen LogP contribution in [0.25, 0.3) is 0 Å². The van der Waals surface area contributed by atoms with Gasteiger partial charge in [-0.05, 0) is 19.4 Å². The molecular weight excluding hydrogens is 230 g/mol. The minimum Gasteiger partial charge on any atom is -0.468 e. The van der Waals surface area contributed by atoms with E-state index in [1.54, 1.807) is 0 Å². The van der Waals surface area contributed by atoms with Gasteiger partial charge in [-0.1, -0.05) is 6.42 Å². The van der Waals surface area contributed by atoms with Crippen molar-refractivity contribution in [2.45, 2.75) is 31.7 Å². The molecule has 1 saturated heterocycles. The van der Waals surface area contributed by atoms with Gasteiger partial charge in [-0.25, -0.2) is 4.98 Å². The zero-order valence-electron chi connectivity index (χ0n) is 11.1. The molecule has 5 nitrogen and oxygen atoms in total. The summed E-state index contributed by atoms with van der Waals surface area (Å²) in [5.74, 6) is 0.957. The lowest BCUT2D eigenvalue weighted by Gasteiger charge is -2.33. The summed E-state index contributed by atoms with van der Waals surface area (Å²) in [4.78, 5) is 18.3. The van der Waals surface area contributed by atoms with Crippen LogP contribution in [0.5, 0.6) is 0 Å². The lowest BCUT2D eigenvalue weighted by Crippen LogP contribution is -2.46. The molecule has 0 amide bonds. The van der Waals surface area contributed by atoms with Crippen LogP contribution in [0, 0.1) is 0 Å². The number of likely N-dealkylation sites (tertiary alicyclic amines) is 1. The normalized spacial score (nSPS) is 20.9. The Morgan fingerprint density at radius 1 is 1.56 bits per heavy atom. The smallest absolute Gasteiger partial charge is 0.323 e. The average Bonchev–Trinajstić information content (AvgIpc) is 2.81. The predicted octanol–water partition coefficient (Wildman–Crippen LogP) is 0.990. The molecule has 100 valence electrons. The van der Waals surface area contributed by atoms with Crippen LogP contribution in [0.3, 0.4) is 0 Å². The quantitative estimate of drug-likeness (QED) is 0.749. The van der Waals surface area contributed by atoms with E-state index in [2.05, 4.69) is 9.88 Å². The number of methoxy groups -OCH3 is 1. The third-order valence-electron chi connectivity index (χ3n) is 3.63. The SMILES string of the molecule is COC(=O)C1CCCCN1CCc1nccn1C. The van der Waals surface area contributed by atoms with Crippen molar-refractivity contribution in [1.82, 2.24) is 14.5 Å². The van der Waals surface area contributed by atoms with E-state index in [4.69, 9.17) is 4.74 Å². The maximum atomic E-state index is 11.7. The number of hydrogen-bond acceptors (Lipinski definition) is 4. The molecule has 1 unspecified atom stereocenters. The van der Waals surface area contributed by atoms with Crippen LogP contribution < -0.4 is 0 Å². The van der Waals surface area contributed by atoms with Crippen molar-refractivity contribution in [3.63, 3.8) is 0 Å². The number of ether oxygens (including phenoxy) is 1. The second kappa shape index (κ2) is 6.00. The molecule has 2 heterocycles. The first-order chi connectivity index (χ1) is 8.72. The summed E-state index contributed by atoms with van der Waals surface area (Å²) in [5, 5.41) is 0. The average molecular weight is 251 g/mol. The summed E-state index contributed by atoms with van der Waals surface area (Å²) < 4.78 is 6.90. The molecule has 0 spiro atoms. The molecule has 1 aromatic heterocycles. The number of hydrogen-bond donors (Lipinski definition) is 0. The summed E-state index contributed by atoms with van der Waals surface area (Å²) in [6, 6.07) is -0.0657. The Bertz CT molecular complexity index is 403. The van der Waals surface area contributed by atoms with Crippen molar-refractivity contribution in [1.29, 1.82) is 0 Å². The van der Waals surface area contributed by atoms with Gasteiger partial charge >= 0.3 is 5.97 Å². The van der Waals surface area contributed by atoms with E-state index < -0.39 is 0 Å². The van der Waals surface area contributed by atoms with E-state index in [0.29, 0.717) is 0 Å². The van der Waals surface area contributed by atoms with Crippen LogP contribution in [-0.4, -0.2) is 46.7 Å². The highest BCUT2D eigenvalue weighted by Crippen LogP contribution is 2.18. The maximum absolute atomic E-state index is 11.7. The van der Waals surface area contributed by atoms with Gasteiger partial charge in [0, 0.05) is 32.4 Å². The van der Waals surface area contributed by atoms with E-state index >= 15 is 0 Å². The second-order valence-electron chi connectivity index (χ2n) is 4.78. The van der Waals surface area contributed by atoms with Crippen molar-refractivity contribution in [3.05, 3.63) is 18.2 Å². The monoisotopic (exact) mass is 251 g/mol. The van der Waals surface area contributed by atoms with Gasteiger partial charge in [0.15, 0.2) is 0 Å². The van der Waals surface area contributed by atoms with Gasteiger partial charge in [-0.15, -0.1) is 0 Å². The Kier molecular flexibility index (Phi) is 4.36. The van der Waals surface area contributed by atoms with E-state index in [0.717, 1.165) is 44.6 Å². The minimum atomic E-state index is -0.102. The fraction of sp³-hybridized carbons (Fsp3) is 0.692. The molecule has 1 aromatic rings. The summed E-state index contributed by atoms with van der Waals surface area (Å²) >= 11 is 0. The number of aryl methyl sites for hydroxylation is 1. The van der Waals surface area contributed by atoms with Crippen molar-refractivity contribution in [2.24, 2.45) is 7.05 Å². The van der Waals surface area contributed by atoms with Gasteiger partial charge in [-0.2, -0.15) is 0 Å². The van der Waals surface area contributed by atoms with E-state index in [1.807, 2.05) is 24.0 Å². The molecular formula is C13H21N3O2. The number of piperidine rings is 1. The van der Waals surface area contributed by atoms with Crippen LogP contribution in [0.2, 0.25) is 0 Å². The van der Waals surface area contributed by atoms with Gasteiger partial charge < -0.3 is 9.30 Å².